The molecule has 1 atom stereocenters. The Bertz CT molecular complexity index is 549. The van der Waals surface area contributed by atoms with E-state index in [0.717, 1.165) is 24.0 Å². The lowest BCUT2D eigenvalue weighted by Crippen LogP contribution is -2.34. The Kier molecular flexibility index (Phi) is 3.65. The van der Waals surface area contributed by atoms with Crippen molar-refractivity contribution < 1.29 is 14.5 Å². The second-order valence-corrected chi connectivity index (χ2v) is 5.88. The third-order valence-corrected chi connectivity index (χ3v) is 3.11. The van der Waals surface area contributed by atoms with Crippen LogP contribution in [0.15, 0.2) is 18.2 Å². The second-order valence-electron chi connectivity index (χ2n) is 5.88. The van der Waals surface area contributed by atoms with E-state index in [0.29, 0.717) is 0 Å². The molecule has 108 valence electrons. The van der Waals surface area contributed by atoms with Gasteiger partial charge in [-0.25, -0.2) is 4.79 Å². The molecule has 0 fully saturated rings. The first kappa shape index (κ1) is 14.3. The molecule has 0 aromatic heterocycles. The predicted octanol–water partition coefficient (Wildman–Crippen LogP) is 3.11. The van der Waals surface area contributed by atoms with E-state index in [2.05, 4.69) is 5.32 Å². The third-order valence-electron chi connectivity index (χ3n) is 3.11. The van der Waals surface area contributed by atoms with Crippen molar-refractivity contribution in [1.82, 2.24) is 5.32 Å². The summed E-state index contributed by atoms with van der Waals surface area (Å²) >= 11 is 0. The second kappa shape index (κ2) is 5.11. The summed E-state index contributed by atoms with van der Waals surface area (Å²) in [5, 5.41) is 13.6. The van der Waals surface area contributed by atoms with Crippen LogP contribution in [0, 0.1) is 10.1 Å². The maximum absolute atomic E-state index is 11.8. The quantitative estimate of drug-likeness (QED) is 0.665. The maximum atomic E-state index is 11.8. The first-order valence-corrected chi connectivity index (χ1v) is 6.53. The minimum absolute atomic E-state index is 0.0432. The first-order chi connectivity index (χ1) is 9.26. The van der Waals surface area contributed by atoms with Crippen LogP contribution in [0.3, 0.4) is 0 Å². The fourth-order valence-corrected chi connectivity index (χ4v) is 2.30. The molecular formula is C14H18N2O4. The summed E-state index contributed by atoms with van der Waals surface area (Å²) < 4.78 is 5.21. The zero-order valence-electron chi connectivity index (χ0n) is 11.8. The van der Waals surface area contributed by atoms with Gasteiger partial charge in [0, 0.05) is 12.1 Å². The smallest absolute Gasteiger partial charge is 0.408 e. The highest BCUT2D eigenvalue weighted by Gasteiger charge is 2.27. The molecule has 6 nitrogen and oxygen atoms in total. The molecular weight excluding hydrogens is 260 g/mol. The van der Waals surface area contributed by atoms with Gasteiger partial charge in [0.1, 0.15) is 5.60 Å². The molecule has 1 aromatic carbocycles. The largest absolute Gasteiger partial charge is 0.444 e. The van der Waals surface area contributed by atoms with E-state index in [1.807, 2.05) is 0 Å². The molecule has 0 heterocycles. The number of non-ortho nitro benzene ring substituents is 1. The molecule has 0 bridgehead atoms. The van der Waals surface area contributed by atoms with Gasteiger partial charge in [0.05, 0.1) is 11.0 Å². The Morgan fingerprint density at radius 1 is 1.45 bits per heavy atom. The lowest BCUT2D eigenvalue weighted by molar-refractivity contribution is -0.384. The van der Waals surface area contributed by atoms with Crippen LogP contribution in [0.2, 0.25) is 0 Å². The molecule has 1 aliphatic rings. The Morgan fingerprint density at radius 3 is 2.75 bits per heavy atom. The number of aryl methyl sites for hydroxylation is 1. The van der Waals surface area contributed by atoms with Crippen LogP contribution >= 0.6 is 0 Å². The number of hydrogen-bond donors (Lipinski definition) is 1. The van der Waals surface area contributed by atoms with Crippen molar-refractivity contribution in [3.63, 3.8) is 0 Å². The van der Waals surface area contributed by atoms with Crippen molar-refractivity contribution >= 4 is 11.8 Å². The zero-order valence-corrected chi connectivity index (χ0v) is 11.8. The van der Waals surface area contributed by atoms with E-state index in [1.165, 1.54) is 12.1 Å². The number of ether oxygens (including phenoxy) is 1. The lowest BCUT2D eigenvalue weighted by Gasteiger charge is -2.22. The maximum Gasteiger partial charge on any atom is 0.408 e. The van der Waals surface area contributed by atoms with Crippen molar-refractivity contribution in [1.29, 1.82) is 0 Å². The number of carbonyl (C=O) groups is 1. The van der Waals surface area contributed by atoms with Crippen molar-refractivity contribution in [2.45, 2.75) is 45.3 Å². The molecule has 1 amide bonds. The molecule has 1 unspecified atom stereocenters. The van der Waals surface area contributed by atoms with Crippen LogP contribution in [0.5, 0.6) is 0 Å². The molecule has 2 rings (SSSR count). The van der Waals surface area contributed by atoms with Crippen LogP contribution in [0.25, 0.3) is 0 Å². The molecule has 0 saturated carbocycles. The minimum Gasteiger partial charge on any atom is -0.444 e. The third kappa shape index (κ3) is 3.26. The van der Waals surface area contributed by atoms with E-state index in [1.54, 1.807) is 26.8 Å². The van der Waals surface area contributed by atoms with Crippen LogP contribution in [-0.2, 0) is 11.2 Å². The summed E-state index contributed by atoms with van der Waals surface area (Å²) in [5.41, 5.74) is 1.33. The van der Waals surface area contributed by atoms with Gasteiger partial charge < -0.3 is 10.1 Å². The van der Waals surface area contributed by atoms with Crippen molar-refractivity contribution in [3.05, 3.63) is 39.4 Å². The summed E-state index contributed by atoms with van der Waals surface area (Å²) in [6.07, 6.45) is 1.03. The molecule has 6 heteroatoms. The monoisotopic (exact) mass is 278 g/mol. The van der Waals surface area contributed by atoms with Crippen LogP contribution < -0.4 is 5.32 Å². The molecule has 0 saturated heterocycles. The molecule has 1 aliphatic carbocycles. The Balaban J connectivity index is 2.13. The van der Waals surface area contributed by atoms with Crippen molar-refractivity contribution in [2.75, 3.05) is 0 Å². The first-order valence-electron chi connectivity index (χ1n) is 6.53. The Hall–Kier alpha value is -2.11. The fourth-order valence-electron chi connectivity index (χ4n) is 2.30. The van der Waals surface area contributed by atoms with Crippen LogP contribution in [0.4, 0.5) is 10.5 Å². The number of hydrogen-bond acceptors (Lipinski definition) is 4. The van der Waals surface area contributed by atoms with Gasteiger partial charge >= 0.3 is 6.09 Å². The summed E-state index contributed by atoms with van der Waals surface area (Å²) in [5.74, 6) is 0. The van der Waals surface area contributed by atoms with E-state index < -0.39 is 16.6 Å². The number of amides is 1. The highest BCUT2D eigenvalue weighted by atomic mass is 16.6. The van der Waals surface area contributed by atoms with Gasteiger partial charge in [-0.2, -0.15) is 0 Å². The van der Waals surface area contributed by atoms with Crippen molar-refractivity contribution in [3.8, 4) is 0 Å². The number of fused-ring (bicyclic) bond motifs is 1. The van der Waals surface area contributed by atoms with Gasteiger partial charge in [0.25, 0.3) is 5.69 Å². The summed E-state index contributed by atoms with van der Waals surface area (Å²) in [6.45, 7) is 5.38. The molecule has 1 N–H and O–H groups in total. The van der Waals surface area contributed by atoms with Gasteiger partial charge in [-0.05, 0) is 44.7 Å². The fraction of sp³-hybridized carbons (Fsp3) is 0.500. The number of benzene rings is 1. The topological polar surface area (TPSA) is 81.5 Å². The Morgan fingerprint density at radius 2 is 2.15 bits per heavy atom. The molecule has 0 radical (unpaired) electrons. The number of nitrogens with zero attached hydrogens (tertiary/aromatic N) is 1. The van der Waals surface area contributed by atoms with Gasteiger partial charge in [0.15, 0.2) is 0 Å². The minimum atomic E-state index is -0.561. The zero-order chi connectivity index (χ0) is 14.9. The highest BCUT2D eigenvalue weighted by molar-refractivity contribution is 5.69. The summed E-state index contributed by atoms with van der Waals surface area (Å²) in [7, 11) is 0. The number of rotatable bonds is 2. The highest BCUT2D eigenvalue weighted by Crippen LogP contribution is 2.33. The SMILES string of the molecule is CC(C)(C)OC(=O)NC1CCc2ccc([N+](=O)[O-])cc21. The average Bonchev–Trinajstić information content (AvgIpc) is 2.69. The van der Waals surface area contributed by atoms with E-state index in [-0.39, 0.29) is 11.7 Å². The normalized spacial score (nSPS) is 17.4. The molecule has 1 aromatic rings. The summed E-state index contributed by atoms with van der Waals surface area (Å²) in [6, 6.07) is 4.56. The Labute approximate surface area is 117 Å². The van der Waals surface area contributed by atoms with Gasteiger partial charge in [-0.1, -0.05) is 6.07 Å². The van der Waals surface area contributed by atoms with Gasteiger partial charge in [-0.3, -0.25) is 10.1 Å². The standard InChI is InChI=1S/C14H18N2O4/c1-14(2,3)20-13(17)15-12-7-5-9-4-6-10(16(18)19)8-11(9)12/h4,6,8,12H,5,7H2,1-3H3,(H,15,17). The van der Waals surface area contributed by atoms with E-state index in [9.17, 15) is 14.9 Å². The average molecular weight is 278 g/mol. The van der Waals surface area contributed by atoms with E-state index in [4.69, 9.17) is 4.74 Å². The van der Waals surface area contributed by atoms with Crippen molar-refractivity contribution in [2.24, 2.45) is 0 Å². The van der Waals surface area contributed by atoms with Gasteiger partial charge in [-0.15, -0.1) is 0 Å². The van der Waals surface area contributed by atoms with Gasteiger partial charge in [0.2, 0.25) is 0 Å². The molecule has 0 spiro atoms. The molecule has 20 heavy (non-hydrogen) atoms. The summed E-state index contributed by atoms with van der Waals surface area (Å²) in [4.78, 5) is 22.2. The van der Waals surface area contributed by atoms with E-state index >= 15 is 0 Å². The number of nitro benzene ring substituents is 1. The number of nitrogens with one attached hydrogen (secondary N) is 1. The van der Waals surface area contributed by atoms with Crippen LogP contribution in [-0.4, -0.2) is 16.6 Å². The number of nitro groups is 1. The van der Waals surface area contributed by atoms with Crippen LogP contribution in [0.1, 0.15) is 44.4 Å². The molecule has 0 aliphatic heterocycles. The number of alkyl carbamates (subject to hydrolysis) is 1. The lowest BCUT2D eigenvalue weighted by atomic mass is 10.1. The predicted molar refractivity (Wildman–Crippen MR) is 73.5 cm³/mol. The number of carbonyl (C=O) groups excluding carboxylic acids is 1.